The summed E-state index contributed by atoms with van der Waals surface area (Å²) in [5.74, 6) is -2.51. The van der Waals surface area contributed by atoms with Gasteiger partial charge in [0.1, 0.15) is 5.82 Å². The molecule has 0 radical (unpaired) electrons. The number of hydrogen-bond acceptors (Lipinski definition) is 3. The van der Waals surface area contributed by atoms with Crippen LogP contribution in [0.2, 0.25) is 0 Å². The number of carbonyl (C=O) groups is 2. The normalized spacial score (nSPS) is 10.3. The third-order valence-electron chi connectivity index (χ3n) is 2.91. The molecule has 1 amide bonds. The molecule has 0 spiro atoms. The first-order valence-electron chi connectivity index (χ1n) is 5.90. The predicted molar refractivity (Wildman–Crippen MR) is 71.7 cm³/mol. The van der Waals surface area contributed by atoms with E-state index in [0.29, 0.717) is 0 Å². The number of nitrogens with two attached hydrogens (primary N) is 1. The van der Waals surface area contributed by atoms with E-state index in [2.05, 4.69) is 0 Å². The number of benzene rings is 1. The first-order valence-corrected chi connectivity index (χ1v) is 5.90. The maximum atomic E-state index is 13.7. The second-order valence-electron chi connectivity index (χ2n) is 4.36. The van der Waals surface area contributed by atoms with Crippen LogP contribution in [0.3, 0.4) is 0 Å². The average molecular weight is 290 g/mol. The Hall–Kier alpha value is -2.96. The monoisotopic (exact) mass is 290 g/mol. The Kier molecular flexibility index (Phi) is 3.84. The molecule has 2 aromatic rings. The highest BCUT2D eigenvalue weighted by atomic mass is 19.1. The number of aromatic carboxylic acids is 1. The molecule has 0 saturated carbocycles. The Morgan fingerprint density at radius 1 is 1.19 bits per heavy atom. The van der Waals surface area contributed by atoms with Crippen LogP contribution >= 0.6 is 0 Å². The molecular weight excluding hydrogens is 279 g/mol. The molecule has 0 aliphatic heterocycles. The van der Waals surface area contributed by atoms with E-state index < -0.39 is 23.3 Å². The van der Waals surface area contributed by atoms with E-state index in [4.69, 9.17) is 10.8 Å². The van der Waals surface area contributed by atoms with Gasteiger partial charge in [-0.1, -0.05) is 0 Å². The number of aromatic nitrogens is 1. The number of amides is 1. The fourth-order valence-electron chi connectivity index (χ4n) is 1.80. The van der Waals surface area contributed by atoms with Crippen molar-refractivity contribution < 1.29 is 19.1 Å². The van der Waals surface area contributed by atoms with E-state index in [0.717, 1.165) is 16.7 Å². The van der Waals surface area contributed by atoms with E-state index in [1.165, 1.54) is 24.4 Å². The van der Waals surface area contributed by atoms with Crippen LogP contribution in [0.25, 0.3) is 0 Å². The van der Waals surface area contributed by atoms with Crippen LogP contribution < -0.4 is 11.3 Å². The summed E-state index contributed by atoms with van der Waals surface area (Å²) in [5, 5.41) is 8.77. The minimum atomic E-state index is -1.22. The number of nitrogens with zero attached hydrogens (tertiary/aromatic N) is 1. The summed E-state index contributed by atoms with van der Waals surface area (Å²) in [4.78, 5) is 33.6. The lowest BCUT2D eigenvalue weighted by Crippen LogP contribution is -2.21. The van der Waals surface area contributed by atoms with Crippen molar-refractivity contribution >= 4 is 11.9 Å². The molecule has 1 aromatic carbocycles. The lowest BCUT2D eigenvalue weighted by molar-refractivity contribution is 0.0696. The maximum absolute atomic E-state index is 13.7. The fourth-order valence-corrected chi connectivity index (χ4v) is 1.80. The van der Waals surface area contributed by atoms with Gasteiger partial charge in [-0.3, -0.25) is 9.59 Å². The topological polar surface area (TPSA) is 102 Å². The second-order valence-corrected chi connectivity index (χ2v) is 4.36. The Bertz CT molecular complexity index is 783. The molecule has 21 heavy (non-hydrogen) atoms. The zero-order valence-corrected chi connectivity index (χ0v) is 10.7. The molecule has 6 nitrogen and oxygen atoms in total. The van der Waals surface area contributed by atoms with Gasteiger partial charge in [0.2, 0.25) is 5.91 Å². The lowest BCUT2D eigenvalue weighted by atomic mass is 10.1. The molecule has 0 atom stereocenters. The molecule has 108 valence electrons. The minimum Gasteiger partial charge on any atom is -0.478 e. The Morgan fingerprint density at radius 2 is 1.90 bits per heavy atom. The second kappa shape index (κ2) is 5.58. The summed E-state index contributed by atoms with van der Waals surface area (Å²) < 4.78 is 14.8. The number of rotatable bonds is 4. The van der Waals surface area contributed by atoms with Crippen molar-refractivity contribution in [3.05, 3.63) is 69.4 Å². The van der Waals surface area contributed by atoms with E-state index in [9.17, 15) is 18.8 Å². The molecule has 1 aromatic heterocycles. The molecule has 0 unspecified atom stereocenters. The van der Waals surface area contributed by atoms with E-state index >= 15 is 0 Å². The largest absolute Gasteiger partial charge is 0.478 e. The van der Waals surface area contributed by atoms with Crippen molar-refractivity contribution in [1.82, 2.24) is 4.57 Å². The van der Waals surface area contributed by atoms with Crippen LogP contribution in [0.4, 0.5) is 4.39 Å². The molecule has 1 heterocycles. The number of hydrogen-bond donors (Lipinski definition) is 2. The first-order chi connectivity index (χ1) is 9.88. The van der Waals surface area contributed by atoms with Gasteiger partial charge in [-0.05, 0) is 24.3 Å². The summed E-state index contributed by atoms with van der Waals surface area (Å²) in [7, 11) is 0. The summed E-state index contributed by atoms with van der Waals surface area (Å²) in [6.45, 7) is -0.133. The quantitative estimate of drug-likeness (QED) is 0.870. The smallest absolute Gasteiger partial charge is 0.335 e. The molecule has 3 N–H and O–H groups in total. The van der Waals surface area contributed by atoms with Crippen LogP contribution in [-0.4, -0.2) is 21.6 Å². The third kappa shape index (κ3) is 3.14. The van der Waals surface area contributed by atoms with Crippen LogP contribution in [0.15, 0.2) is 41.3 Å². The number of primary amides is 1. The minimum absolute atomic E-state index is 0.108. The van der Waals surface area contributed by atoms with Crippen molar-refractivity contribution in [2.24, 2.45) is 5.73 Å². The van der Waals surface area contributed by atoms with Crippen molar-refractivity contribution in [3.63, 3.8) is 0 Å². The van der Waals surface area contributed by atoms with Gasteiger partial charge in [0, 0.05) is 23.4 Å². The average Bonchev–Trinajstić information content (AvgIpc) is 2.42. The standard InChI is InChI=1S/C14H11FN2O4/c15-11-2-1-8(13(16)19)5-10(11)7-17-4-3-9(14(20)21)6-12(17)18/h1-6H,7H2,(H2,16,19)(H,20,21). The number of carboxylic acid groups (broad SMARTS) is 1. The molecule has 0 fully saturated rings. The van der Waals surface area contributed by atoms with Crippen molar-refractivity contribution in [2.75, 3.05) is 0 Å². The number of pyridine rings is 1. The van der Waals surface area contributed by atoms with Crippen molar-refractivity contribution in [3.8, 4) is 0 Å². The van der Waals surface area contributed by atoms with E-state index in [1.807, 2.05) is 0 Å². The number of carboxylic acids is 1. The Morgan fingerprint density at radius 3 is 2.48 bits per heavy atom. The zero-order valence-electron chi connectivity index (χ0n) is 10.7. The van der Waals surface area contributed by atoms with Gasteiger partial charge in [0.25, 0.3) is 5.56 Å². The predicted octanol–water partition coefficient (Wildman–Crippen LogP) is 0.833. The van der Waals surface area contributed by atoms with Crippen LogP contribution in [0.1, 0.15) is 26.3 Å². The molecular formula is C14H11FN2O4. The van der Waals surface area contributed by atoms with Crippen molar-refractivity contribution in [1.29, 1.82) is 0 Å². The van der Waals surface area contributed by atoms with Gasteiger partial charge in [0.05, 0.1) is 12.1 Å². The van der Waals surface area contributed by atoms with Crippen LogP contribution in [-0.2, 0) is 6.54 Å². The van der Waals surface area contributed by atoms with E-state index in [1.54, 1.807) is 0 Å². The van der Waals surface area contributed by atoms with Crippen LogP contribution in [0.5, 0.6) is 0 Å². The SMILES string of the molecule is NC(=O)c1ccc(F)c(Cn2ccc(C(=O)O)cc2=O)c1. The highest BCUT2D eigenvalue weighted by Crippen LogP contribution is 2.11. The Balaban J connectivity index is 2.38. The molecule has 0 saturated heterocycles. The van der Waals surface area contributed by atoms with Crippen molar-refractivity contribution in [2.45, 2.75) is 6.54 Å². The maximum Gasteiger partial charge on any atom is 0.335 e. The van der Waals surface area contributed by atoms with Gasteiger partial charge in [-0.2, -0.15) is 0 Å². The summed E-state index contributed by atoms with van der Waals surface area (Å²) in [6.07, 6.45) is 1.25. The van der Waals surface area contributed by atoms with Gasteiger partial charge < -0.3 is 15.4 Å². The highest BCUT2D eigenvalue weighted by Gasteiger charge is 2.10. The Labute approximate surface area is 118 Å². The summed E-state index contributed by atoms with van der Waals surface area (Å²) in [5.41, 5.74) is 4.61. The molecule has 2 rings (SSSR count). The zero-order chi connectivity index (χ0) is 15.6. The number of carbonyl (C=O) groups excluding carboxylic acids is 1. The molecule has 0 aliphatic rings. The van der Waals surface area contributed by atoms with Crippen LogP contribution in [0, 0.1) is 5.82 Å². The third-order valence-corrected chi connectivity index (χ3v) is 2.91. The summed E-state index contributed by atoms with van der Waals surface area (Å²) >= 11 is 0. The lowest BCUT2D eigenvalue weighted by Gasteiger charge is -2.08. The molecule has 0 aliphatic carbocycles. The van der Waals surface area contributed by atoms with Gasteiger partial charge in [0.15, 0.2) is 0 Å². The van der Waals surface area contributed by atoms with Gasteiger partial charge in [-0.25, -0.2) is 9.18 Å². The molecule has 0 bridgehead atoms. The molecule has 7 heteroatoms. The van der Waals surface area contributed by atoms with Gasteiger partial charge in [-0.15, -0.1) is 0 Å². The first kappa shape index (κ1) is 14.4. The summed E-state index contributed by atoms with van der Waals surface area (Å²) in [6, 6.07) is 5.77. The van der Waals surface area contributed by atoms with Gasteiger partial charge >= 0.3 is 5.97 Å². The fraction of sp³-hybridized carbons (Fsp3) is 0.0714. The number of halogens is 1. The highest BCUT2D eigenvalue weighted by molar-refractivity contribution is 5.92. The van der Waals surface area contributed by atoms with E-state index in [-0.39, 0.29) is 23.2 Å².